The second-order valence-corrected chi connectivity index (χ2v) is 15.1. The zero-order valence-corrected chi connectivity index (χ0v) is 32.0. The zero-order valence-electron chi connectivity index (χ0n) is 31.1. The van der Waals surface area contributed by atoms with Crippen molar-refractivity contribution in [2.24, 2.45) is 0 Å². The van der Waals surface area contributed by atoms with Gasteiger partial charge in [0.05, 0.1) is 0 Å². The molecule has 0 saturated carbocycles. The molecule has 0 unspecified atom stereocenters. The number of benzene rings is 3. The highest BCUT2D eigenvalue weighted by Gasteiger charge is 2.38. The van der Waals surface area contributed by atoms with Crippen molar-refractivity contribution < 1.29 is 9.90 Å². The molecule has 0 atom stereocenters. The Balaban J connectivity index is 0.00000181. The van der Waals surface area contributed by atoms with E-state index in [2.05, 4.69) is 96.1 Å². The molecule has 0 heterocycles. The molecule has 47 heavy (non-hydrogen) atoms. The molecule has 0 aliphatic carbocycles. The molecule has 0 aliphatic rings. The van der Waals surface area contributed by atoms with E-state index >= 15 is 0 Å². The monoisotopic (exact) mass is 658 g/mol. The number of hydrogen-bond acceptors (Lipinski definition) is 2. The summed E-state index contributed by atoms with van der Waals surface area (Å²) in [6.07, 6.45) is 22.4. The molecular weight excluding hydrogens is 593 g/mol. The van der Waals surface area contributed by atoms with E-state index in [9.17, 15) is 0 Å². The summed E-state index contributed by atoms with van der Waals surface area (Å²) >= 11 is 0. The van der Waals surface area contributed by atoms with Gasteiger partial charge in [-0.15, -0.1) is 0 Å². The molecule has 0 amide bonds. The Morgan fingerprint density at radius 2 is 0.787 bits per heavy atom. The van der Waals surface area contributed by atoms with Gasteiger partial charge in [-0.05, 0) is 107 Å². The molecule has 0 aromatic heterocycles. The summed E-state index contributed by atoms with van der Waals surface area (Å²) in [5.74, 6) is -1.08. The molecule has 0 N–H and O–H groups in total. The Morgan fingerprint density at radius 3 is 1.06 bits per heavy atom. The van der Waals surface area contributed by atoms with Crippen molar-refractivity contribution in [2.75, 3.05) is 0 Å². The lowest BCUT2D eigenvalue weighted by Gasteiger charge is -2.22. The number of aliphatic carboxylic acids is 1. The lowest BCUT2D eigenvalue weighted by molar-refractivity contribution is -0.302. The van der Waals surface area contributed by atoms with Crippen molar-refractivity contribution in [3.8, 4) is 0 Å². The highest BCUT2D eigenvalue weighted by Crippen LogP contribution is 2.42. The van der Waals surface area contributed by atoms with Gasteiger partial charge in [0.25, 0.3) is 0 Å². The Morgan fingerprint density at radius 1 is 0.511 bits per heavy atom. The van der Waals surface area contributed by atoms with E-state index in [1.165, 1.54) is 120 Å². The first-order valence-corrected chi connectivity index (χ1v) is 20.3. The van der Waals surface area contributed by atoms with Crippen molar-refractivity contribution in [1.82, 2.24) is 0 Å². The fourth-order valence-corrected chi connectivity index (χ4v) is 9.13. The van der Waals surface area contributed by atoms with Crippen LogP contribution in [-0.4, -0.2) is 5.97 Å². The maximum atomic E-state index is 8.89. The minimum Gasteiger partial charge on any atom is -0.550 e. The Bertz CT molecular complexity index is 1160. The van der Waals surface area contributed by atoms with Crippen molar-refractivity contribution in [3.63, 3.8) is 0 Å². The second kappa shape index (κ2) is 23.7. The van der Waals surface area contributed by atoms with Gasteiger partial charge in [-0.1, -0.05) is 123 Å². The summed E-state index contributed by atoms with van der Waals surface area (Å²) in [4.78, 5) is 13.8. The largest absolute Gasteiger partial charge is 0.550 e. The SMILES string of the molecule is CC(=O)[O-].CCCCc1cc(CCCC)c([S+](c2ccccc2)c2c(CCCC)cc(CCCC)cc2CCCC)c(CCCC)c1. The summed E-state index contributed by atoms with van der Waals surface area (Å²) in [5, 5.41) is 8.89. The van der Waals surface area contributed by atoms with E-state index in [0.29, 0.717) is 0 Å². The molecule has 0 aliphatic heterocycles. The van der Waals surface area contributed by atoms with Gasteiger partial charge >= 0.3 is 0 Å². The number of aryl methyl sites for hydroxylation is 6. The van der Waals surface area contributed by atoms with Crippen LogP contribution in [0.3, 0.4) is 0 Å². The van der Waals surface area contributed by atoms with E-state index in [0.717, 1.165) is 6.92 Å². The van der Waals surface area contributed by atoms with Gasteiger partial charge in [-0.2, -0.15) is 0 Å². The molecule has 0 bridgehead atoms. The summed E-state index contributed by atoms with van der Waals surface area (Å²) in [6.45, 7) is 15.1. The number of rotatable bonds is 21. The average Bonchev–Trinajstić information content (AvgIpc) is 3.07. The highest BCUT2D eigenvalue weighted by atomic mass is 32.2. The van der Waals surface area contributed by atoms with Crippen LogP contribution in [0.5, 0.6) is 0 Å². The smallest absolute Gasteiger partial charge is 0.172 e. The second-order valence-electron chi connectivity index (χ2n) is 13.2. The maximum absolute atomic E-state index is 8.89. The van der Waals surface area contributed by atoms with Crippen LogP contribution in [-0.2, 0) is 54.2 Å². The number of hydrogen-bond donors (Lipinski definition) is 0. The third kappa shape index (κ3) is 13.9. The van der Waals surface area contributed by atoms with Gasteiger partial charge < -0.3 is 9.90 Å². The molecule has 3 aromatic rings. The summed E-state index contributed by atoms with van der Waals surface area (Å²) in [6, 6.07) is 22.2. The van der Waals surface area contributed by atoms with E-state index in [-0.39, 0.29) is 10.9 Å². The minimum absolute atomic E-state index is 0.103. The van der Waals surface area contributed by atoms with Gasteiger partial charge in [0.2, 0.25) is 0 Å². The van der Waals surface area contributed by atoms with Crippen LogP contribution in [0.15, 0.2) is 69.3 Å². The van der Waals surface area contributed by atoms with Crippen LogP contribution in [0.2, 0.25) is 0 Å². The normalized spacial score (nSPS) is 11.1. The average molecular weight is 659 g/mol. The van der Waals surface area contributed by atoms with Crippen LogP contribution < -0.4 is 5.11 Å². The van der Waals surface area contributed by atoms with Crippen molar-refractivity contribution in [1.29, 1.82) is 0 Å². The molecule has 2 nitrogen and oxygen atoms in total. The van der Waals surface area contributed by atoms with Crippen LogP contribution >= 0.6 is 0 Å². The Hall–Kier alpha value is -2.52. The lowest BCUT2D eigenvalue weighted by Crippen LogP contribution is -2.17. The first-order valence-electron chi connectivity index (χ1n) is 19.1. The summed E-state index contributed by atoms with van der Waals surface area (Å²) in [5.41, 5.74) is 9.73. The Labute approximate surface area is 292 Å². The molecule has 0 spiro atoms. The fourth-order valence-electron chi connectivity index (χ4n) is 6.33. The van der Waals surface area contributed by atoms with Gasteiger partial charge in [0.1, 0.15) is 10.9 Å². The fraction of sp³-hybridized carbons (Fsp3) is 0.568. The van der Waals surface area contributed by atoms with Crippen LogP contribution in [0, 0.1) is 0 Å². The van der Waals surface area contributed by atoms with Crippen molar-refractivity contribution in [3.05, 3.63) is 88.0 Å². The van der Waals surface area contributed by atoms with Gasteiger partial charge in [0.15, 0.2) is 14.7 Å². The standard InChI is InChI=1S/C42H63S.C2H4O2/c1-7-13-22-34-30-36(24-15-9-3)41(37(31-34)25-16-10-4)43(40-28-20-19-21-29-40)42-38(26-17-11-5)32-35(23-14-8-2)33-39(42)27-18-12-6;1-2(3)4/h19-21,28-33H,7-18,22-27H2,1-6H3;1H3,(H,3,4)/q+1;/p-1. The number of carbonyl (C=O) groups is 1. The zero-order chi connectivity index (χ0) is 34.4. The molecular formula is C44H66O2S. The third-order valence-electron chi connectivity index (χ3n) is 8.83. The molecule has 3 rings (SSSR count). The molecule has 0 fully saturated rings. The molecule has 260 valence electrons. The predicted octanol–water partition coefficient (Wildman–Crippen LogP) is 11.6. The van der Waals surface area contributed by atoms with Crippen molar-refractivity contribution >= 4 is 16.9 Å². The maximum Gasteiger partial charge on any atom is 0.172 e. The minimum atomic E-state index is -1.08. The topological polar surface area (TPSA) is 40.1 Å². The quantitative estimate of drug-likeness (QED) is 0.107. The highest BCUT2D eigenvalue weighted by molar-refractivity contribution is 7.97. The molecule has 3 aromatic carbocycles. The third-order valence-corrected chi connectivity index (χ3v) is 11.4. The van der Waals surface area contributed by atoms with Gasteiger partial charge in [0, 0.05) is 28.2 Å². The molecule has 0 saturated heterocycles. The summed E-state index contributed by atoms with van der Waals surface area (Å²) < 4.78 is 0. The lowest BCUT2D eigenvalue weighted by atomic mass is 9.96. The molecule has 3 heteroatoms. The first kappa shape index (κ1) is 40.7. The van der Waals surface area contributed by atoms with Crippen LogP contribution in [0.25, 0.3) is 0 Å². The number of unbranched alkanes of at least 4 members (excludes halogenated alkanes) is 6. The van der Waals surface area contributed by atoms with Gasteiger partial charge in [-0.3, -0.25) is 0 Å². The number of carboxylic acid groups (broad SMARTS) is 1. The number of carboxylic acids is 1. The molecule has 0 radical (unpaired) electrons. The van der Waals surface area contributed by atoms with Crippen LogP contribution in [0.4, 0.5) is 0 Å². The van der Waals surface area contributed by atoms with E-state index < -0.39 is 5.97 Å². The van der Waals surface area contributed by atoms with E-state index in [1.807, 2.05) is 0 Å². The first-order chi connectivity index (χ1) is 22.8. The van der Waals surface area contributed by atoms with E-state index in [1.54, 1.807) is 43.2 Å². The Kier molecular flexibility index (Phi) is 20.5. The van der Waals surface area contributed by atoms with Crippen molar-refractivity contribution in [2.45, 2.75) is 179 Å². The predicted molar refractivity (Wildman–Crippen MR) is 204 cm³/mol. The summed E-state index contributed by atoms with van der Waals surface area (Å²) in [7, 11) is -0.103. The van der Waals surface area contributed by atoms with Gasteiger partial charge in [-0.25, -0.2) is 0 Å². The van der Waals surface area contributed by atoms with E-state index in [4.69, 9.17) is 9.90 Å². The van der Waals surface area contributed by atoms with Crippen LogP contribution in [0.1, 0.15) is 159 Å². The number of carbonyl (C=O) groups excluding carboxylic acids is 1.